The zero-order valence-electron chi connectivity index (χ0n) is 17.9. The van der Waals surface area contributed by atoms with Crippen LogP contribution in [0.25, 0.3) is 10.9 Å². The quantitative estimate of drug-likeness (QED) is 0.524. The molecule has 5 nitrogen and oxygen atoms in total. The first-order chi connectivity index (χ1) is 14.7. The van der Waals surface area contributed by atoms with E-state index in [0.717, 1.165) is 11.3 Å². The van der Waals surface area contributed by atoms with Gasteiger partial charge in [0.1, 0.15) is 11.3 Å². The van der Waals surface area contributed by atoms with Crippen molar-refractivity contribution in [3.63, 3.8) is 0 Å². The van der Waals surface area contributed by atoms with Crippen LogP contribution >= 0.6 is 10.0 Å². The molecule has 0 spiro atoms. The number of fused-ring (bicyclic) bond motifs is 1. The molecule has 0 aliphatic heterocycles. The fraction of sp³-hybridized carbons (Fsp3) is 0.333. The van der Waals surface area contributed by atoms with Crippen molar-refractivity contribution in [2.45, 2.75) is 29.6 Å². The van der Waals surface area contributed by atoms with Crippen LogP contribution in [0.15, 0.2) is 52.3 Å². The number of benzene rings is 2. The van der Waals surface area contributed by atoms with Crippen molar-refractivity contribution in [3.05, 3.63) is 63.9 Å². The number of carbonyl (C=O) groups is 1. The van der Waals surface area contributed by atoms with E-state index in [4.69, 9.17) is 0 Å². The van der Waals surface area contributed by atoms with Crippen molar-refractivity contribution in [2.24, 2.45) is 0 Å². The topological polar surface area (TPSA) is 82.2 Å². The van der Waals surface area contributed by atoms with E-state index in [0.29, 0.717) is 35.0 Å². The molecule has 3 aromatic rings. The number of aromatic amines is 1. The van der Waals surface area contributed by atoms with Gasteiger partial charge in [-0.3, -0.25) is 14.0 Å². The maximum absolute atomic E-state index is 14.2. The number of hydrogen-bond acceptors (Lipinski definition) is 3. The first-order valence-corrected chi connectivity index (χ1v) is 13.1. The predicted octanol–water partition coefficient (Wildman–Crippen LogP) is 4.93. The average molecular weight is 443 g/mol. The zero-order chi connectivity index (χ0) is 22.4. The van der Waals surface area contributed by atoms with Gasteiger partial charge in [0.2, 0.25) is 5.43 Å². The molecule has 0 atom stereocenters. The number of phenolic OH excluding ortho intramolecular Hbond substituents is 1. The van der Waals surface area contributed by atoms with Crippen LogP contribution < -0.4 is 10.7 Å². The van der Waals surface area contributed by atoms with Gasteiger partial charge in [-0.05, 0) is 55.4 Å². The summed E-state index contributed by atoms with van der Waals surface area (Å²) in [6.07, 6.45) is 9.85. The van der Waals surface area contributed by atoms with E-state index in [1.54, 1.807) is 24.3 Å². The molecule has 7 heteroatoms. The number of anilines is 1. The molecule has 2 aromatic carbocycles. The molecule has 1 aromatic heterocycles. The average Bonchev–Trinajstić information content (AvgIpc) is 2.68. The molecule has 3 N–H and O–H groups in total. The van der Waals surface area contributed by atoms with E-state index in [2.05, 4.69) is 29.1 Å². The third-order valence-corrected chi connectivity index (χ3v) is 7.82. The van der Waals surface area contributed by atoms with Crippen LogP contribution in [-0.2, 0) is 5.41 Å². The number of H-pyrrole nitrogens is 1. The number of para-hydroxylation sites is 1. The second-order valence-corrected chi connectivity index (χ2v) is 13.1. The Hall–Kier alpha value is -2.80. The Morgan fingerprint density at radius 3 is 2.55 bits per heavy atom. The minimum absolute atomic E-state index is 0.0300. The van der Waals surface area contributed by atoms with E-state index in [-0.39, 0.29) is 16.7 Å². The van der Waals surface area contributed by atoms with Gasteiger partial charge in [-0.15, -0.1) is 0 Å². The molecule has 1 heterocycles. The number of aromatic nitrogens is 1. The zero-order valence-corrected chi connectivity index (χ0v) is 18.7. The highest BCUT2D eigenvalue weighted by Gasteiger charge is 2.41. The molecule has 1 fully saturated rings. The highest BCUT2D eigenvalue weighted by atomic mass is 32.3. The Morgan fingerprint density at radius 1 is 1.23 bits per heavy atom. The summed E-state index contributed by atoms with van der Waals surface area (Å²) < 4.78 is 14.2. The lowest BCUT2D eigenvalue weighted by Crippen LogP contribution is -2.37. The standard InChI is InChI=1S/C24H27FN2O3S/c1-31(2,3)21-11-17(24(14-25)9-6-10-24)19(12-20(21)28)27-23(30)16-13-26-18-8-5-4-7-15(18)22(16)29/h4-5,7-8,11-13,28H,6,9-10,14H2,1-3H3,(H,26,29)(H,27,30). The van der Waals surface area contributed by atoms with Crippen molar-refractivity contribution in [1.29, 1.82) is 0 Å². The van der Waals surface area contributed by atoms with E-state index in [1.165, 1.54) is 12.3 Å². The molecule has 1 aliphatic rings. The van der Waals surface area contributed by atoms with Gasteiger partial charge < -0.3 is 15.4 Å². The van der Waals surface area contributed by atoms with Gasteiger partial charge in [0.25, 0.3) is 5.91 Å². The van der Waals surface area contributed by atoms with E-state index >= 15 is 0 Å². The van der Waals surface area contributed by atoms with Crippen molar-refractivity contribution in [1.82, 2.24) is 4.98 Å². The van der Waals surface area contributed by atoms with Crippen molar-refractivity contribution in [2.75, 3.05) is 30.8 Å². The fourth-order valence-electron chi connectivity index (χ4n) is 4.21. The Balaban J connectivity index is 1.79. The molecule has 164 valence electrons. The Morgan fingerprint density at radius 2 is 1.94 bits per heavy atom. The third-order valence-electron chi connectivity index (χ3n) is 6.18. The summed E-state index contributed by atoms with van der Waals surface area (Å²) in [5.74, 6) is -0.515. The summed E-state index contributed by atoms with van der Waals surface area (Å²) >= 11 is 0. The van der Waals surface area contributed by atoms with Crippen molar-refractivity contribution < 1.29 is 14.3 Å². The number of halogens is 1. The minimum Gasteiger partial charge on any atom is -0.507 e. The molecule has 1 saturated carbocycles. The first kappa shape index (κ1) is 21.4. The second-order valence-electron chi connectivity index (χ2n) is 9.00. The lowest BCUT2D eigenvalue weighted by Gasteiger charge is -2.42. The van der Waals surface area contributed by atoms with E-state index in [1.807, 2.05) is 6.07 Å². The summed E-state index contributed by atoms with van der Waals surface area (Å²) in [5, 5.41) is 13.9. The molecule has 0 unspecified atom stereocenters. The molecule has 1 aliphatic carbocycles. The number of amides is 1. The SMILES string of the molecule is CS(C)(C)c1cc(C2(CF)CCC2)c(NC(=O)c2c[nH]c3ccccc3c2=O)cc1O. The third kappa shape index (κ3) is 3.71. The molecule has 4 rings (SSSR count). The normalized spacial score (nSPS) is 16.0. The molecule has 0 radical (unpaired) electrons. The lowest BCUT2D eigenvalue weighted by atomic mass is 9.65. The van der Waals surface area contributed by atoms with Gasteiger partial charge in [-0.25, -0.2) is 10.0 Å². The van der Waals surface area contributed by atoms with Crippen LogP contribution in [0.4, 0.5) is 10.1 Å². The van der Waals surface area contributed by atoms with Crippen LogP contribution in [0.3, 0.4) is 0 Å². The van der Waals surface area contributed by atoms with Crippen LogP contribution in [0, 0.1) is 0 Å². The number of rotatable bonds is 5. The largest absolute Gasteiger partial charge is 0.507 e. The molecular weight excluding hydrogens is 415 g/mol. The Bertz CT molecular complexity index is 1220. The monoisotopic (exact) mass is 442 g/mol. The van der Waals surface area contributed by atoms with Crippen LogP contribution in [0.2, 0.25) is 0 Å². The van der Waals surface area contributed by atoms with Crippen LogP contribution in [0.1, 0.15) is 35.2 Å². The Labute approximate surface area is 182 Å². The Kier molecular flexibility index (Phi) is 5.33. The maximum Gasteiger partial charge on any atom is 0.261 e. The number of aromatic hydroxyl groups is 1. The summed E-state index contributed by atoms with van der Waals surface area (Å²) in [6.45, 7) is -0.532. The van der Waals surface area contributed by atoms with E-state index in [9.17, 15) is 19.1 Å². The molecule has 0 saturated heterocycles. The number of alkyl halides is 1. The smallest absolute Gasteiger partial charge is 0.261 e. The molecule has 1 amide bonds. The van der Waals surface area contributed by atoms with E-state index < -0.39 is 28.0 Å². The van der Waals surface area contributed by atoms with Gasteiger partial charge in [0.15, 0.2) is 0 Å². The van der Waals surface area contributed by atoms with Gasteiger partial charge in [0, 0.05) is 39.2 Å². The summed E-state index contributed by atoms with van der Waals surface area (Å²) in [7, 11) is -1.28. The molecule has 31 heavy (non-hydrogen) atoms. The summed E-state index contributed by atoms with van der Waals surface area (Å²) in [6, 6.07) is 10.3. The summed E-state index contributed by atoms with van der Waals surface area (Å²) in [4.78, 5) is 29.6. The second kappa shape index (κ2) is 7.71. The number of carbonyl (C=O) groups excluding carboxylic acids is 1. The minimum atomic E-state index is -1.28. The van der Waals surface area contributed by atoms with Crippen molar-refractivity contribution >= 4 is 32.5 Å². The fourth-order valence-corrected chi connectivity index (χ4v) is 5.36. The first-order valence-electron chi connectivity index (χ1n) is 10.2. The van der Waals surface area contributed by atoms with Gasteiger partial charge in [-0.2, -0.15) is 0 Å². The summed E-state index contributed by atoms with van der Waals surface area (Å²) in [5.41, 5.74) is 0.633. The molecular formula is C24H27FN2O3S. The number of phenols is 1. The van der Waals surface area contributed by atoms with Gasteiger partial charge >= 0.3 is 0 Å². The highest BCUT2D eigenvalue weighted by molar-refractivity contribution is 8.32. The maximum atomic E-state index is 14.2. The van der Waals surface area contributed by atoms with Gasteiger partial charge in [-0.1, -0.05) is 18.6 Å². The highest BCUT2D eigenvalue weighted by Crippen LogP contribution is 2.55. The lowest BCUT2D eigenvalue weighted by molar-refractivity contribution is 0.102. The van der Waals surface area contributed by atoms with Crippen molar-refractivity contribution in [3.8, 4) is 5.75 Å². The number of hydrogen-bond donors (Lipinski definition) is 3. The number of pyridine rings is 1. The van der Waals surface area contributed by atoms with Crippen LogP contribution in [0.5, 0.6) is 5.75 Å². The predicted molar refractivity (Wildman–Crippen MR) is 126 cm³/mol. The number of nitrogens with one attached hydrogen (secondary N) is 2. The van der Waals surface area contributed by atoms with Crippen LogP contribution in [-0.4, -0.2) is 41.4 Å². The molecule has 0 bridgehead atoms. The van der Waals surface area contributed by atoms with Gasteiger partial charge in [0.05, 0.1) is 6.67 Å².